The summed E-state index contributed by atoms with van der Waals surface area (Å²) in [7, 11) is 0. The molecule has 2 atom stereocenters. The Kier molecular flexibility index (Phi) is 5.10. The predicted octanol–water partition coefficient (Wildman–Crippen LogP) is 3.53. The number of aryl methyl sites for hydroxylation is 1. The van der Waals surface area contributed by atoms with Crippen LogP contribution in [0.5, 0.6) is 0 Å². The van der Waals surface area contributed by atoms with Gasteiger partial charge in [0.05, 0.1) is 17.1 Å². The first-order valence-corrected chi connectivity index (χ1v) is 9.41. The number of imidazole rings is 1. The number of amides is 1. The molecule has 7 nitrogen and oxygen atoms in total. The van der Waals surface area contributed by atoms with Gasteiger partial charge in [0.15, 0.2) is 0 Å². The van der Waals surface area contributed by atoms with Crippen molar-refractivity contribution in [1.82, 2.24) is 24.8 Å². The summed E-state index contributed by atoms with van der Waals surface area (Å²) < 4.78 is 1.73. The Bertz CT molecular complexity index is 1060. The zero-order chi connectivity index (χ0) is 20.6. The van der Waals surface area contributed by atoms with Gasteiger partial charge in [-0.15, -0.1) is 0 Å². The molecule has 3 rings (SSSR count). The summed E-state index contributed by atoms with van der Waals surface area (Å²) in [5, 5.41) is 2.97. The number of nitrogens with one attached hydrogen (secondary N) is 2. The number of carbonyl (C=O) groups is 1. The van der Waals surface area contributed by atoms with Gasteiger partial charge >= 0.3 is 5.69 Å². The number of carbonyl (C=O) groups excluding carboxylic acids is 1. The normalized spacial score (nSPS) is 14.1. The number of rotatable bonds is 4. The standard InChI is InChI=1S/C21H27N5O2/c1-12(16-10-22-14(3)23-11-16)24-19(27)15-7-8-17-18(9-15)26(20(28)25-17)13(2)21(4,5)6/h7-13H,1-6H3,(H,24,27)(H,25,28)/t12-,13+/m0/s1. The Balaban J connectivity index is 1.92. The second-order valence-electron chi connectivity index (χ2n) is 8.33. The molecule has 148 valence electrons. The van der Waals surface area contributed by atoms with Gasteiger partial charge in [-0.1, -0.05) is 20.8 Å². The molecule has 28 heavy (non-hydrogen) atoms. The summed E-state index contributed by atoms with van der Waals surface area (Å²) in [5.41, 5.74) is 2.52. The van der Waals surface area contributed by atoms with Crippen molar-refractivity contribution in [3.8, 4) is 0 Å². The van der Waals surface area contributed by atoms with Crippen molar-refractivity contribution >= 4 is 16.9 Å². The average molecular weight is 381 g/mol. The van der Waals surface area contributed by atoms with Crippen molar-refractivity contribution in [3.05, 3.63) is 58.0 Å². The average Bonchev–Trinajstić information content (AvgIpc) is 2.95. The van der Waals surface area contributed by atoms with Crippen LogP contribution < -0.4 is 11.0 Å². The molecule has 0 radical (unpaired) electrons. The largest absolute Gasteiger partial charge is 0.345 e. The summed E-state index contributed by atoms with van der Waals surface area (Å²) in [4.78, 5) is 36.5. The van der Waals surface area contributed by atoms with E-state index >= 15 is 0 Å². The van der Waals surface area contributed by atoms with E-state index in [1.54, 1.807) is 35.2 Å². The number of aromatic nitrogens is 4. The summed E-state index contributed by atoms with van der Waals surface area (Å²) in [6.07, 6.45) is 3.43. The highest BCUT2D eigenvalue weighted by atomic mass is 16.2. The van der Waals surface area contributed by atoms with Crippen LogP contribution in [0.4, 0.5) is 0 Å². The van der Waals surface area contributed by atoms with Crippen LogP contribution >= 0.6 is 0 Å². The van der Waals surface area contributed by atoms with Crippen molar-refractivity contribution in [2.24, 2.45) is 5.41 Å². The summed E-state index contributed by atoms with van der Waals surface area (Å²) in [6, 6.07) is 5.00. The molecule has 7 heteroatoms. The first kappa shape index (κ1) is 19.8. The van der Waals surface area contributed by atoms with Crippen molar-refractivity contribution in [2.45, 2.75) is 53.6 Å². The maximum absolute atomic E-state index is 12.8. The fourth-order valence-corrected chi connectivity index (χ4v) is 3.02. The van der Waals surface area contributed by atoms with E-state index in [4.69, 9.17) is 0 Å². The van der Waals surface area contributed by atoms with E-state index in [0.29, 0.717) is 11.4 Å². The van der Waals surface area contributed by atoms with Gasteiger partial charge in [0.25, 0.3) is 5.91 Å². The molecule has 0 unspecified atom stereocenters. The highest BCUT2D eigenvalue weighted by molar-refractivity contribution is 5.97. The minimum absolute atomic E-state index is 0.0318. The van der Waals surface area contributed by atoms with Crippen LogP contribution in [-0.2, 0) is 0 Å². The van der Waals surface area contributed by atoms with E-state index in [0.717, 1.165) is 16.6 Å². The van der Waals surface area contributed by atoms with E-state index < -0.39 is 0 Å². The minimum Gasteiger partial charge on any atom is -0.345 e. The second kappa shape index (κ2) is 7.22. The number of benzene rings is 1. The molecule has 1 amide bonds. The summed E-state index contributed by atoms with van der Waals surface area (Å²) in [6.45, 7) is 12.0. The molecular formula is C21H27N5O2. The van der Waals surface area contributed by atoms with Gasteiger partial charge in [-0.05, 0) is 44.4 Å². The van der Waals surface area contributed by atoms with E-state index in [9.17, 15) is 9.59 Å². The van der Waals surface area contributed by atoms with E-state index in [2.05, 4.69) is 41.0 Å². The molecule has 0 aliphatic heterocycles. The lowest BCUT2D eigenvalue weighted by Gasteiger charge is -2.28. The van der Waals surface area contributed by atoms with Gasteiger partial charge in [0.1, 0.15) is 5.82 Å². The molecule has 2 aromatic heterocycles. The molecule has 3 aromatic rings. The Labute approximate surface area is 164 Å². The third-order valence-corrected chi connectivity index (χ3v) is 5.27. The van der Waals surface area contributed by atoms with Crippen LogP contribution in [0, 0.1) is 12.3 Å². The van der Waals surface area contributed by atoms with E-state index in [1.807, 2.05) is 20.8 Å². The lowest BCUT2D eigenvalue weighted by atomic mass is 9.88. The highest BCUT2D eigenvalue weighted by Gasteiger charge is 2.25. The molecule has 0 aliphatic carbocycles. The SMILES string of the molecule is Cc1ncc([C@H](C)NC(=O)c2ccc3[nH]c(=O)n([C@H](C)C(C)(C)C)c3c2)cn1. The number of aromatic amines is 1. The van der Waals surface area contributed by atoms with Crippen molar-refractivity contribution in [3.63, 3.8) is 0 Å². The Morgan fingerprint density at radius 1 is 1.18 bits per heavy atom. The minimum atomic E-state index is -0.231. The van der Waals surface area contributed by atoms with Gasteiger partial charge in [0, 0.05) is 29.6 Å². The van der Waals surface area contributed by atoms with Crippen LogP contribution in [-0.4, -0.2) is 25.4 Å². The quantitative estimate of drug-likeness (QED) is 0.723. The Morgan fingerprint density at radius 3 is 2.43 bits per heavy atom. The first-order valence-electron chi connectivity index (χ1n) is 9.41. The topological polar surface area (TPSA) is 92.7 Å². The van der Waals surface area contributed by atoms with E-state index in [1.165, 1.54) is 0 Å². The Hall–Kier alpha value is -2.96. The third kappa shape index (κ3) is 3.83. The predicted molar refractivity (Wildman–Crippen MR) is 109 cm³/mol. The molecule has 0 fully saturated rings. The fraction of sp³-hybridized carbons (Fsp3) is 0.429. The maximum atomic E-state index is 12.8. The van der Waals surface area contributed by atoms with Crippen molar-refractivity contribution < 1.29 is 4.79 Å². The second-order valence-corrected chi connectivity index (χ2v) is 8.33. The molecule has 0 spiro atoms. The molecule has 2 heterocycles. The zero-order valence-electron chi connectivity index (χ0n) is 17.2. The van der Waals surface area contributed by atoms with Gasteiger partial charge in [-0.25, -0.2) is 14.8 Å². The monoisotopic (exact) mass is 381 g/mol. The Morgan fingerprint density at radius 2 is 1.82 bits per heavy atom. The lowest BCUT2D eigenvalue weighted by molar-refractivity contribution is 0.0940. The van der Waals surface area contributed by atoms with Crippen LogP contribution in [0.1, 0.15) is 68.4 Å². The van der Waals surface area contributed by atoms with Crippen LogP contribution in [0.25, 0.3) is 11.0 Å². The van der Waals surface area contributed by atoms with Crippen LogP contribution in [0.2, 0.25) is 0 Å². The number of fused-ring (bicyclic) bond motifs is 1. The van der Waals surface area contributed by atoms with Gasteiger partial charge in [-0.2, -0.15) is 0 Å². The zero-order valence-corrected chi connectivity index (χ0v) is 17.2. The first-order chi connectivity index (χ1) is 13.1. The van der Waals surface area contributed by atoms with Crippen LogP contribution in [0.15, 0.2) is 35.4 Å². The molecular weight excluding hydrogens is 354 g/mol. The summed E-state index contributed by atoms with van der Waals surface area (Å²) in [5.74, 6) is 0.477. The van der Waals surface area contributed by atoms with Crippen LogP contribution in [0.3, 0.4) is 0 Å². The molecule has 0 aliphatic rings. The molecule has 2 N–H and O–H groups in total. The highest BCUT2D eigenvalue weighted by Crippen LogP contribution is 2.31. The van der Waals surface area contributed by atoms with Gasteiger partial charge in [0.2, 0.25) is 0 Å². The number of hydrogen-bond donors (Lipinski definition) is 2. The maximum Gasteiger partial charge on any atom is 0.326 e. The number of nitrogens with zero attached hydrogens (tertiary/aromatic N) is 3. The summed E-state index contributed by atoms with van der Waals surface area (Å²) >= 11 is 0. The lowest BCUT2D eigenvalue weighted by Crippen LogP contribution is -2.29. The van der Waals surface area contributed by atoms with Gasteiger partial charge in [-0.3, -0.25) is 9.36 Å². The van der Waals surface area contributed by atoms with Gasteiger partial charge < -0.3 is 10.3 Å². The molecule has 0 bridgehead atoms. The molecule has 1 aromatic carbocycles. The smallest absolute Gasteiger partial charge is 0.326 e. The molecule has 0 saturated carbocycles. The fourth-order valence-electron chi connectivity index (χ4n) is 3.02. The number of hydrogen-bond acceptors (Lipinski definition) is 4. The number of H-pyrrole nitrogens is 1. The molecule has 0 saturated heterocycles. The van der Waals surface area contributed by atoms with E-state index in [-0.39, 0.29) is 29.1 Å². The van der Waals surface area contributed by atoms with Crippen molar-refractivity contribution in [2.75, 3.05) is 0 Å². The third-order valence-electron chi connectivity index (χ3n) is 5.27. The van der Waals surface area contributed by atoms with Crippen molar-refractivity contribution in [1.29, 1.82) is 0 Å².